The van der Waals surface area contributed by atoms with Crippen molar-refractivity contribution in [1.29, 1.82) is 0 Å². The van der Waals surface area contributed by atoms with Crippen LogP contribution in [-0.4, -0.2) is 45.6 Å². The average molecular weight is 493 g/mol. The molecule has 1 N–H and O–H groups in total. The van der Waals surface area contributed by atoms with Crippen molar-refractivity contribution < 1.29 is 23.7 Å². The highest BCUT2D eigenvalue weighted by Gasteiger charge is 2.51. The third-order valence-electron chi connectivity index (χ3n) is 6.68. The Labute approximate surface area is 209 Å². The molecule has 1 heterocycles. The van der Waals surface area contributed by atoms with Crippen molar-refractivity contribution in [3.63, 3.8) is 0 Å². The topological polar surface area (TPSA) is 57.2 Å². The first kappa shape index (κ1) is 25.6. The molecule has 1 saturated heterocycles. The molecule has 0 saturated carbocycles. The summed E-state index contributed by atoms with van der Waals surface area (Å²) in [5.74, 6) is 0.810. The van der Waals surface area contributed by atoms with Gasteiger partial charge in [0.05, 0.1) is 26.4 Å². The molecule has 1 aliphatic rings. The zero-order valence-electron chi connectivity index (χ0n) is 21.0. The van der Waals surface area contributed by atoms with Gasteiger partial charge in [0.1, 0.15) is 11.9 Å². The van der Waals surface area contributed by atoms with Crippen LogP contribution in [-0.2, 0) is 20.5 Å². The van der Waals surface area contributed by atoms with Crippen LogP contribution in [0.4, 0.5) is 0 Å². The van der Waals surface area contributed by atoms with Crippen LogP contribution in [0.15, 0.2) is 84.9 Å². The number of methoxy groups -OCH3 is 1. The van der Waals surface area contributed by atoms with Crippen molar-refractivity contribution in [3.05, 3.63) is 90.5 Å². The van der Waals surface area contributed by atoms with Crippen LogP contribution >= 0.6 is 0 Å². The van der Waals surface area contributed by atoms with Gasteiger partial charge in [-0.25, -0.2) is 0 Å². The molecule has 3 aromatic carbocycles. The molecule has 3 atom stereocenters. The molecular formula is C29H36O5Si. The largest absolute Gasteiger partial charge is 0.497 e. The van der Waals surface area contributed by atoms with Gasteiger partial charge in [-0.05, 0) is 33.1 Å². The van der Waals surface area contributed by atoms with Crippen LogP contribution < -0.4 is 15.1 Å². The summed E-state index contributed by atoms with van der Waals surface area (Å²) in [6.45, 7) is 7.53. The Morgan fingerprint density at radius 2 is 1.46 bits per heavy atom. The lowest BCUT2D eigenvalue weighted by Gasteiger charge is -2.43. The lowest BCUT2D eigenvalue weighted by atomic mass is 10.2. The van der Waals surface area contributed by atoms with E-state index in [4.69, 9.17) is 18.6 Å². The molecule has 0 aromatic heterocycles. The van der Waals surface area contributed by atoms with Crippen molar-refractivity contribution >= 4 is 18.7 Å². The number of rotatable bonds is 9. The van der Waals surface area contributed by atoms with Crippen molar-refractivity contribution in [1.82, 2.24) is 0 Å². The highest BCUT2D eigenvalue weighted by Crippen LogP contribution is 2.37. The van der Waals surface area contributed by atoms with Crippen molar-refractivity contribution in [2.45, 2.75) is 57.3 Å². The lowest BCUT2D eigenvalue weighted by molar-refractivity contribution is -0.110. The van der Waals surface area contributed by atoms with Gasteiger partial charge in [-0.1, -0.05) is 93.6 Å². The summed E-state index contributed by atoms with van der Waals surface area (Å²) in [6.07, 6.45) is -1.05. The third kappa shape index (κ3) is 5.68. The summed E-state index contributed by atoms with van der Waals surface area (Å²) in [5.41, 5.74) is 1.04. The summed E-state index contributed by atoms with van der Waals surface area (Å²) in [7, 11) is -1.05. The molecule has 0 amide bonds. The van der Waals surface area contributed by atoms with Gasteiger partial charge >= 0.3 is 0 Å². The predicted molar refractivity (Wildman–Crippen MR) is 141 cm³/mol. The lowest BCUT2D eigenvalue weighted by Crippen LogP contribution is -2.67. The number of hydrogen-bond donors (Lipinski definition) is 1. The van der Waals surface area contributed by atoms with E-state index < -0.39 is 14.6 Å². The molecular weight excluding hydrogens is 456 g/mol. The molecule has 3 aromatic rings. The normalized spacial score (nSPS) is 20.7. The second-order valence-corrected chi connectivity index (χ2v) is 14.3. The van der Waals surface area contributed by atoms with E-state index in [1.165, 1.54) is 10.4 Å². The quantitative estimate of drug-likeness (QED) is 0.452. The van der Waals surface area contributed by atoms with E-state index in [1.807, 2.05) is 36.4 Å². The first-order valence-corrected chi connectivity index (χ1v) is 14.1. The molecule has 0 spiro atoms. The minimum absolute atomic E-state index is 0.133. The minimum Gasteiger partial charge on any atom is -0.497 e. The second-order valence-electron chi connectivity index (χ2n) is 10.0. The highest BCUT2D eigenvalue weighted by molar-refractivity contribution is 6.99. The van der Waals surface area contributed by atoms with Crippen LogP contribution in [0.2, 0.25) is 5.04 Å². The first-order valence-electron chi connectivity index (χ1n) is 12.2. The Morgan fingerprint density at radius 1 is 0.886 bits per heavy atom. The fraction of sp³-hybridized carbons (Fsp3) is 0.379. The van der Waals surface area contributed by atoms with E-state index >= 15 is 0 Å². The maximum Gasteiger partial charge on any atom is 0.261 e. The SMILES string of the molecule is COc1ccc(CO[C@H]2CC(O)O[C@H]2CO[Si](c2ccccc2)(c2ccccc2)C(C)(C)C)cc1. The predicted octanol–water partition coefficient (Wildman–Crippen LogP) is 4.26. The van der Waals surface area contributed by atoms with Crippen LogP contribution in [0.1, 0.15) is 32.8 Å². The third-order valence-corrected chi connectivity index (χ3v) is 11.7. The van der Waals surface area contributed by atoms with E-state index in [-0.39, 0.29) is 17.2 Å². The number of aliphatic hydroxyl groups excluding tert-OH is 1. The molecule has 4 rings (SSSR count). The monoisotopic (exact) mass is 492 g/mol. The standard InChI is InChI=1S/C29H36O5Si/c1-29(2,3)35(24-11-7-5-8-12-24,25-13-9-6-10-14-25)33-21-27-26(19-28(30)34-27)32-20-22-15-17-23(31-4)18-16-22/h5-18,26-28,30H,19-21H2,1-4H3/t26-,27-,28?/m0/s1. The Kier molecular flexibility index (Phi) is 8.09. The van der Waals surface area contributed by atoms with E-state index in [9.17, 15) is 5.11 Å². The van der Waals surface area contributed by atoms with Gasteiger partial charge in [-0.2, -0.15) is 0 Å². The van der Waals surface area contributed by atoms with Gasteiger partial charge in [0, 0.05) is 6.42 Å². The summed E-state index contributed by atoms with van der Waals surface area (Å²) in [4.78, 5) is 0. The van der Waals surface area contributed by atoms with E-state index in [0.29, 0.717) is 19.6 Å². The summed E-state index contributed by atoms with van der Waals surface area (Å²) >= 11 is 0. The van der Waals surface area contributed by atoms with Crippen LogP contribution in [0.3, 0.4) is 0 Å². The number of hydrogen-bond acceptors (Lipinski definition) is 5. The fourth-order valence-electron chi connectivity index (χ4n) is 4.91. The molecule has 1 unspecified atom stereocenters. The molecule has 186 valence electrons. The second kappa shape index (κ2) is 11.1. The zero-order chi connectivity index (χ0) is 24.9. The van der Waals surface area contributed by atoms with E-state index in [1.54, 1.807) is 7.11 Å². The molecule has 0 aliphatic carbocycles. The van der Waals surface area contributed by atoms with E-state index in [0.717, 1.165) is 11.3 Å². The molecule has 0 radical (unpaired) electrons. The smallest absolute Gasteiger partial charge is 0.261 e. The van der Waals surface area contributed by atoms with Crippen LogP contribution in [0, 0.1) is 0 Å². The Balaban J connectivity index is 1.56. The fourth-order valence-corrected chi connectivity index (χ4v) is 9.48. The first-order chi connectivity index (χ1) is 16.8. The summed E-state index contributed by atoms with van der Waals surface area (Å²) < 4.78 is 24.4. The maximum atomic E-state index is 10.3. The van der Waals surface area contributed by atoms with Gasteiger partial charge in [-0.3, -0.25) is 0 Å². The van der Waals surface area contributed by atoms with Gasteiger partial charge < -0.3 is 23.7 Å². The zero-order valence-corrected chi connectivity index (χ0v) is 22.0. The van der Waals surface area contributed by atoms with Gasteiger partial charge in [0.25, 0.3) is 8.32 Å². The molecule has 35 heavy (non-hydrogen) atoms. The summed E-state index contributed by atoms with van der Waals surface area (Å²) in [6, 6.07) is 28.9. The number of aliphatic hydroxyl groups is 1. The van der Waals surface area contributed by atoms with Gasteiger partial charge in [0.2, 0.25) is 0 Å². The average Bonchev–Trinajstić information content (AvgIpc) is 3.23. The molecule has 1 fully saturated rings. The van der Waals surface area contributed by atoms with Gasteiger partial charge in [0.15, 0.2) is 6.29 Å². The van der Waals surface area contributed by atoms with Crippen LogP contribution in [0.5, 0.6) is 5.75 Å². The Bertz CT molecular complexity index is 1010. The van der Waals surface area contributed by atoms with Gasteiger partial charge in [-0.15, -0.1) is 0 Å². The Morgan fingerprint density at radius 3 is 1.97 bits per heavy atom. The van der Waals surface area contributed by atoms with E-state index in [2.05, 4.69) is 69.3 Å². The maximum absolute atomic E-state index is 10.3. The number of benzene rings is 3. The Hall–Kier alpha value is -2.48. The van der Waals surface area contributed by atoms with Crippen molar-refractivity contribution in [3.8, 4) is 5.75 Å². The molecule has 5 nitrogen and oxygen atoms in total. The van der Waals surface area contributed by atoms with Crippen molar-refractivity contribution in [2.24, 2.45) is 0 Å². The molecule has 1 aliphatic heterocycles. The number of ether oxygens (including phenoxy) is 3. The van der Waals surface area contributed by atoms with Crippen LogP contribution in [0.25, 0.3) is 0 Å². The highest BCUT2D eigenvalue weighted by atomic mass is 28.4. The molecule has 0 bridgehead atoms. The molecule has 6 heteroatoms. The summed E-state index contributed by atoms with van der Waals surface area (Å²) in [5, 5.41) is 12.6. The van der Waals surface area contributed by atoms with Crippen molar-refractivity contribution in [2.75, 3.05) is 13.7 Å². The minimum atomic E-state index is -2.70.